The van der Waals surface area contributed by atoms with Crippen molar-refractivity contribution in [1.29, 1.82) is 0 Å². The lowest BCUT2D eigenvalue weighted by Crippen LogP contribution is -2.39. The van der Waals surface area contributed by atoms with Gasteiger partial charge < -0.3 is 10.6 Å². The van der Waals surface area contributed by atoms with Crippen LogP contribution in [0.4, 0.5) is 0 Å². The van der Waals surface area contributed by atoms with Gasteiger partial charge in [0.15, 0.2) is 0 Å². The van der Waals surface area contributed by atoms with Crippen LogP contribution in [0.3, 0.4) is 0 Å². The summed E-state index contributed by atoms with van der Waals surface area (Å²) in [5, 5.41) is 0. The summed E-state index contributed by atoms with van der Waals surface area (Å²) >= 11 is 0. The van der Waals surface area contributed by atoms with Crippen molar-refractivity contribution in [2.24, 2.45) is 28.9 Å². The molecule has 0 radical (unpaired) electrons. The van der Waals surface area contributed by atoms with Gasteiger partial charge in [0.05, 0.1) is 0 Å². The third-order valence-corrected chi connectivity index (χ3v) is 5.73. The number of nitrogens with two attached hydrogens (primary N) is 1. The minimum Gasteiger partial charge on any atom is -0.342 e. The molecule has 0 aromatic rings. The highest BCUT2D eigenvalue weighted by Gasteiger charge is 2.32. The smallest absolute Gasteiger partial charge is 0.225 e. The predicted molar refractivity (Wildman–Crippen MR) is 87.9 cm³/mol. The molecule has 0 aromatic carbocycles. The SMILES string of the molecule is CC(C)(C)C1CCCN(C(=O)C2CCCC(CN)C2)CC1. The van der Waals surface area contributed by atoms with E-state index in [1.165, 1.54) is 32.1 Å². The molecule has 1 saturated heterocycles. The molecule has 0 aromatic heterocycles. The number of hydrogen-bond donors (Lipinski definition) is 1. The van der Waals surface area contributed by atoms with Crippen molar-refractivity contribution < 1.29 is 4.79 Å². The molecule has 3 nitrogen and oxygen atoms in total. The van der Waals surface area contributed by atoms with E-state index in [9.17, 15) is 4.79 Å². The minimum absolute atomic E-state index is 0.249. The van der Waals surface area contributed by atoms with E-state index < -0.39 is 0 Å². The molecule has 1 amide bonds. The van der Waals surface area contributed by atoms with E-state index in [4.69, 9.17) is 5.73 Å². The van der Waals surface area contributed by atoms with Gasteiger partial charge in [0.2, 0.25) is 5.91 Å². The van der Waals surface area contributed by atoms with Gasteiger partial charge >= 0.3 is 0 Å². The highest BCUT2D eigenvalue weighted by atomic mass is 16.2. The molecule has 0 spiro atoms. The molecule has 1 aliphatic carbocycles. The number of nitrogens with zero attached hydrogens (tertiary/aromatic N) is 1. The zero-order chi connectivity index (χ0) is 15.5. The summed E-state index contributed by atoms with van der Waals surface area (Å²) < 4.78 is 0. The number of carbonyl (C=O) groups excluding carboxylic acids is 1. The fourth-order valence-corrected chi connectivity index (χ4v) is 4.17. The summed E-state index contributed by atoms with van der Waals surface area (Å²) in [6, 6.07) is 0. The lowest BCUT2D eigenvalue weighted by atomic mass is 9.77. The van der Waals surface area contributed by atoms with Crippen molar-refractivity contribution in [3.63, 3.8) is 0 Å². The molecule has 2 aliphatic rings. The monoisotopic (exact) mass is 294 g/mol. The van der Waals surface area contributed by atoms with Crippen LogP contribution in [-0.2, 0) is 4.79 Å². The minimum atomic E-state index is 0.249. The predicted octanol–water partition coefficient (Wildman–Crippen LogP) is 3.43. The van der Waals surface area contributed by atoms with Gasteiger partial charge in [0.25, 0.3) is 0 Å². The van der Waals surface area contributed by atoms with Crippen LogP contribution >= 0.6 is 0 Å². The van der Waals surface area contributed by atoms with Crippen molar-refractivity contribution in [3.8, 4) is 0 Å². The van der Waals surface area contributed by atoms with Gasteiger partial charge in [-0.25, -0.2) is 0 Å². The topological polar surface area (TPSA) is 46.3 Å². The largest absolute Gasteiger partial charge is 0.342 e. The van der Waals surface area contributed by atoms with Gasteiger partial charge in [0.1, 0.15) is 0 Å². The van der Waals surface area contributed by atoms with E-state index in [1.54, 1.807) is 0 Å². The van der Waals surface area contributed by atoms with Crippen LogP contribution in [0.5, 0.6) is 0 Å². The fourth-order valence-electron chi connectivity index (χ4n) is 4.17. The molecule has 1 saturated carbocycles. The van der Waals surface area contributed by atoms with Crippen LogP contribution < -0.4 is 5.73 Å². The summed E-state index contributed by atoms with van der Waals surface area (Å²) in [4.78, 5) is 15.0. The second-order valence-corrected chi connectivity index (χ2v) is 8.28. The van der Waals surface area contributed by atoms with Crippen molar-refractivity contribution >= 4 is 5.91 Å². The third-order valence-electron chi connectivity index (χ3n) is 5.73. The summed E-state index contributed by atoms with van der Waals surface area (Å²) in [6.07, 6.45) is 8.10. The molecule has 2 rings (SSSR count). The first-order chi connectivity index (χ1) is 9.91. The Kier molecular flexibility index (Phi) is 5.70. The quantitative estimate of drug-likeness (QED) is 0.848. The summed E-state index contributed by atoms with van der Waals surface area (Å²) in [5.74, 6) is 1.99. The zero-order valence-electron chi connectivity index (χ0n) is 14.2. The first-order valence-electron chi connectivity index (χ1n) is 8.90. The maximum atomic E-state index is 12.8. The second-order valence-electron chi connectivity index (χ2n) is 8.28. The molecule has 3 unspecified atom stereocenters. The van der Waals surface area contributed by atoms with Crippen molar-refractivity contribution in [2.75, 3.05) is 19.6 Å². The van der Waals surface area contributed by atoms with Crippen molar-refractivity contribution in [3.05, 3.63) is 0 Å². The molecule has 3 heteroatoms. The van der Waals surface area contributed by atoms with Crippen LogP contribution in [0, 0.1) is 23.2 Å². The molecule has 1 heterocycles. The molecule has 2 N–H and O–H groups in total. The Labute approximate surface area is 130 Å². The number of carbonyl (C=O) groups is 1. The Morgan fingerprint density at radius 2 is 1.86 bits per heavy atom. The van der Waals surface area contributed by atoms with E-state index >= 15 is 0 Å². The molecular weight excluding hydrogens is 260 g/mol. The van der Waals surface area contributed by atoms with E-state index in [1.807, 2.05) is 0 Å². The van der Waals surface area contributed by atoms with Crippen LogP contribution in [0.15, 0.2) is 0 Å². The molecule has 2 fully saturated rings. The van der Waals surface area contributed by atoms with E-state index in [-0.39, 0.29) is 5.92 Å². The van der Waals surface area contributed by atoms with E-state index in [0.29, 0.717) is 17.2 Å². The molecule has 3 atom stereocenters. The Morgan fingerprint density at radius 3 is 2.52 bits per heavy atom. The van der Waals surface area contributed by atoms with Gasteiger partial charge in [-0.3, -0.25) is 4.79 Å². The second kappa shape index (κ2) is 7.13. The summed E-state index contributed by atoms with van der Waals surface area (Å²) in [7, 11) is 0. The first kappa shape index (κ1) is 16.8. The number of rotatable bonds is 2. The Morgan fingerprint density at radius 1 is 1.10 bits per heavy atom. The van der Waals surface area contributed by atoms with Gasteiger partial charge in [-0.15, -0.1) is 0 Å². The van der Waals surface area contributed by atoms with Crippen LogP contribution in [-0.4, -0.2) is 30.4 Å². The number of likely N-dealkylation sites (tertiary alicyclic amines) is 1. The molecule has 0 bridgehead atoms. The van der Waals surface area contributed by atoms with E-state index in [2.05, 4.69) is 25.7 Å². The highest BCUT2D eigenvalue weighted by molar-refractivity contribution is 5.79. The number of amides is 1. The highest BCUT2D eigenvalue weighted by Crippen LogP contribution is 2.35. The average molecular weight is 294 g/mol. The van der Waals surface area contributed by atoms with Crippen molar-refractivity contribution in [1.82, 2.24) is 4.90 Å². The van der Waals surface area contributed by atoms with Gasteiger partial charge in [-0.1, -0.05) is 27.2 Å². The van der Waals surface area contributed by atoms with Gasteiger partial charge in [-0.05, 0) is 62.3 Å². The zero-order valence-corrected chi connectivity index (χ0v) is 14.2. The lowest BCUT2D eigenvalue weighted by molar-refractivity contribution is -0.137. The molecule has 21 heavy (non-hydrogen) atoms. The molecule has 122 valence electrons. The third kappa shape index (κ3) is 4.45. The van der Waals surface area contributed by atoms with Gasteiger partial charge in [-0.2, -0.15) is 0 Å². The van der Waals surface area contributed by atoms with Crippen LogP contribution in [0.2, 0.25) is 0 Å². The standard InChI is InChI=1S/C18H34N2O/c1-18(2,3)16-8-5-10-20(11-9-16)17(21)15-7-4-6-14(12-15)13-19/h14-16H,4-13,19H2,1-3H3. The summed E-state index contributed by atoms with van der Waals surface area (Å²) in [5.41, 5.74) is 6.18. The Balaban J connectivity index is 1.91. The van der Waals surface area contributed by atoms with Crippen LogP contribution in [0.1, 0.15) is 65.7 Å². The average Bonchev–Trinajstić information content (AvgIpc) is 2.72. The van der Waals surface area contributed by atoms with Crippen LogP contribution in [0.25, 0.3) is 0 Å². The Hall–Kier alpha value is -0.570. The normalized spacial score (nSPS) is 31.8. The number of hydrogen-bond acceptors (Lipinski definition) is 2. The molecular formula is C18H34N2O. The maximum Gasteiger partial charge on any atom is 0.225 e. The Bertz CT molecular complexity index is 348. The fraction of sp³-hybridized carbons (Fsp3) is 0.944. The summed E-state index contributed by atoms with van der Waals surface area (Å²) in [6.45, 7) is 9.68. The maximum absolute atomic E-state index is 12.8. The van der Waals surface area contributed by atoms with Gasteiger partial charge in [0, 0.05) is 19.0 Å². The van der Waals surface area contributed by atoms with E-state index in [0.717, 1.165) is 38.4 Å². The van der Waals surface area contributed by atoms with Crippen molar-refractivity contribution in [2.45, 2.75) is 65.7 Å². The molecule has 1 aliphatic heterocycles. The lowest BCUT2D eigenvalue weighted by Gasteiger charge is -2.32. The first-order valence-corrected chi connectivity index (χ1v) is 8.90.